The van der Waals surface area contributed by atoms with Gasteiger partial charge in [0.25, 0.3) is 0 Å². The Morgan fingerprint density at radius 1 is 1.47 bits per heavy atom. The fourth-order valence-electron chi connectivity index (χ4n) is 1.44. The van der Waals surface area contributed by atoms with Crippen LogP contribution in [-0.4, -0.2) is 23.6 Å². The second-order valence-corrected chi connectivity index (χ2v) is 4.98. The summed E-state index contributed by atoms with van der Waals surface area (Å²) in [6.45, 7) is 5.05. The summed E-state index contributed by atoms with van der Waals surface area (Å²) in [4.78, 5) is 12.8. The zero-order valence-electron chi connectivity index (χ0n) is 8.91. The zero-order valence-corrected chi connectivity index (χ0v) is 10.5. The van der Waals surface area contributed by atoms with Crippen LogP contribution in [0.5, 0.6) is 0 Å². The molecule has 2 aromatic heterocycles. The average molecular weight is 242 g/mol. The molecule has 3 nitrogen and oxygen atoms in total. The second-order valence-electron chi connectivity index (χ2n) is 3.41. The molecule has 0 amide bonds. The van der Waals surface area contributed by atoms with Gasteiger partial charge in [-0.2, -0.15) is 4.98 Å². The maximum atomic E-state index is 5.89. The molecule has 0 fully saturated rings. The minimum atomic E-state index is 0.319. The number of rotatable bonds is 2. The largest absolute Gasteiger partial charge is 0.359 e. The maximum Gasteiger partial charge on any atom is 0.225 e. The van der Waals surface area contributed by atoms with Gasteiger partial charge in [-0.3, -0.25) is 0 Å². The van der Waals surface area contributed by atoms with Gasteiger partial charge in [0.2, 0.25) is 5.28 Å². The molecule has 0 aliphatic heterocycles. The molecule has 80 valence electrons. The normalized spacial score (nSPS) is 10.9. The van der Waals surface area contributed by atoms with Crippen molar-refractivity contribution in [3.05, 3.63) is 16.2 Å². The highest BCUT2D eigenvalue weighted by Crippen LogP contribution is 2.30. The van der Waals surface area contributed by atoms with E-state index in [0.29, 0.717) is 5.28 Å². The second kappa shape index (κ2) is 3.94. The summed E-state index contributed by atoms with van der Waals surface area (Å²) in [6.07, 6.45) is 0. The van der Waals surface area contributed by atoms with Crippen molar-refractivity contribution in [3.8, 4) is 0 Å². The minimum Gasteiger partial charge on any atom is -0.359 e. The first-order valence-electron chi connectivity index (χ1n) is 4.76. The van der Waals surface area contributed by atoms with Crippen molar-refractivity contribution in [2.45, 2.75) is 13.8 Å². The number of hydrogen-bond donors (Lipinski definition) is 0. The van der Waals surface area contributed by atoms with Crippen molar-refractivity contribution in [2.75, 3.05) is 18.5 Å². The molecule has 0 N–H and O–H groups in total. The lowest BCUT2D eigenvalue weighted by atomic mass is 10.3. The van der Waals surface area contributed by atoms with Crippen LogP contribution < -0.4 is 4.90 Å². The quantitative estimate of drug-likeness (QED) is 0.757. The van der Waals surface area contributed by atoms with Crippen LogP contribution in [0.3, 0.4) is 0 Å². The van der Waals surface area contributed by atoms with E-state index in [1.54, 1.807) is 11.3 Å². The molecule has 2 heterocycles. The van der Waals surface area contributed by atoms with Gasteiger partial charge in [0, 0.05) is 18.5 Å². The van der Waals surface area contributed by atoms with Crippen LogP contribution in [0.1, 0.15) is 11.8 Å². The van der Waals surface area contributed by atoms with Crippen LogP contribution in [0.15, 0.2) is 6.07 Å². The Hall–Kier alpha value is -0.870. The number of hydrogen-bond acceptors (Lipinski definition) is 4. The summed E-state index contributed by atoms with van der Waals surface area (Å²) in [5, 5.41) is 1.41. The number of thiophene rings is 1. The third-order valence-electron chi connectivity index (χ3n) is 2.30. The fourth-order valence-corrected chi connectivity index (χ4v) is 2.53. The van der Waals surface area contributed by atoms with E-state index < -0.39 is 0 Å². The van der Waals surface area contributed by atoms with Crippen LogP contribution in [0, 0.1) is 6.92 Å². The predicted octanol–water partition coefficient (Wildman–Crippen LogP) is 3.11. The molecule has 2 rings (SSSR count). The monoisotopic (exact) mass is 241 g/mol. The van der Waals surface area contributed by atoms with Crippen LogP contribution >= 0.6 is 22.9 Å². The highest BCUT2D eigenvalue weighted by Gasteiger charge is 2.11. The van der Waals surface area contributed by atoms with Crippen molar-refractivity contribution in [1.29, 1.82) is 0 Å². The number of nitrogens with zero attached hydrogens (tertiary/aromatic N) is 3. The smallest absolute Gasteiger partial charge is 0.225 e. The molecule has 0 saturated carbocycles. The first kappa shape index (κ1) is 10.6. The molecule has 0 spiro atoms. The first-order valence-corrected chi connectivity index (χ1v) is 5.96. The first-order chi connectivity index (χ1) is 7.11. The lowest BCUT2D eigenvalue weighted by molar-refractivity contribution is 0.941. The third-order valence-corrected chi connectivity index (χ3v) is 3.42. The molecule has 0 unspecified atom stereocenters. The van der Waals surface area contributed by atoms with Crippen molar-refractivity contribution in [1.82, 2.24) is 9.97 Å². The minimum absolute atomic E-state index is 0.319. The summed E-state index contributed by atoms with van der Waals surface area (Å²) in [5.74, 6) is 0.914. The molecule has 5 heteroatoms. The summed E-state index contributed by atoms with van der Waals surface area (Å²) in [7, 11) is 2.01. The number of fused-ring (bicyclic) bond motifs is 1. The lowest BCUT2D eigenvalue weighted by Gasteiger charge is -2.16. The third kappa shape index (κ3) is 1.92. The molecule has 0 saturated heterocycles. The molecule has 0 bridgehead atoms. The molecule has 2 aromatic rings. The van der Waals surface area contributed by atoms with E-state index in [0.717, 1.165) is 22.6 Å². The average Bonchev–Trinajstić information content (AvgIpc) is 2.55. The number of aryl methyl sites for hydroxylation is 1. The van der Waals surface area contributed by atoms with Crippen LogP contribution in [0.25, 0.3) is 10.2 Å². The number of anilines is 1. The standard InChI is InChI=1S/C10H12ClN3S/c1-4-14(3)8-7-5-6(2)15-9(7)13-10(11)12-8/h5H,4H2,1-3H3. The molecule has 0 aliphatic rings. The fraction of sp³-hybridized carbons (Fsp3) is 0.400. The molecular formula is C10H12ClN3S. The topological polar surface area (TPSA) is 29.0 Å². The molecule has 15 heavy (non-hydrogen) atoms. The van der Waals surface area contributed by atoms with Crippen molar-refractivity contribution in [3.63, 3.8) is 0 Å². The van der Waals surface area contributed by atoms with Gasteiger partial charge >= 0.3 is 0 Å². The van der Waals surface area contributed by atoms with E-state index >= 15 is 0 Å². The predicted molar refractivity (Wildman–Crippen MR) is 66.1 cm³/mol. The summed E-state index contributed by atoms with van der Waals surface area (Å²) in [6, 6.07) is 2.11. The van der Waals surface area contributed by atoms with E-state index in [9.17, 15) is 0 Å². The van der Waals surface area contributed by atoms with Gasteiger partial charge in [0.15, 0.2) is 0 Å². The van der Waals surface area contributed by atoms with Crippen LogP contribution in [0.2, 0.25) is 5.28 Å². The van der Waals surface area contributed by atoms with Gasteiger partial charge in [0.05, 0.1) is 5.39 Å². The van der Waals surface area contributed by atoms with E-state index in [-0.39, 0.29) is 0 Å². The zero-order chi connectivity index (χ0) is 11.0. The van der Waals surface area contributed by atoms with E-state index in [2.05, 4.69) is 34.8 Å². The van der Waals surface area contributed by atoms with Crippen molar-refractivity contribution in [2.24, 2.45) is 0 Å². The van der Waals surface area contributed by atoms with Gasteiger partial charge in [-0.1, -0.05) is 0 Å². The van der Waals surface area contributed by atoms with Gasteiger partial charge in [-0.05, 0) is 31.5 Å². The molecule has 0 aromatic carbocycles. The van der Waals surface area contributed by atoms with Gasteiger partial charge in [-0.25, -0.2) is 4.98 Å². The van der Waals surface area contributed by atoms with Crippen LogP contribution in [0.4, 0.5) is 5.82 Å². The molecular weight excluding hydrogens is 230 g/mol. The highest BCUT2D eigenvalue weighted by atomic mass is 35.5. The highest BCUT2D eigenvalue weighted by molar-refractivity contribution is 7.18. The van der Waals surface area contributed by atoms with E-state index in [4.69, 9.17) is 11.6 Å². The van der Waals surface area contributed by atoms with Gasteiger partial charge in [0.1, 0.15) is 10.6 Å². The van der Waals surface area contributed by atoms with E-state index in [1.807, 2.05) is 7.05 Å². The Bertz CT molecular complexity index is 495. The maximum absolute atomic E-state index is 5.89. The number of aromatic nitrogens is 2. The summed E-state index contributed by atoms with van der Waals surface area (Å²) >= 11 is 7.54. The van der Waals surface area contributed by atoms with Gasteiger partial charge < -0.3 is 4.90 Å². The molecule has 0 radical (unpaired) electrons. The lowest BCUT2D eigenvalue weighted by Crippen LogP contribution is -2.17. The summed E-state index contributed by atoms with van der Waals surface area (Å²) < 4.78 is 0. The Labute approximate surface area is 97.7 Å². The van der Waals surface area contributed by atoms with Crippen molar-refractivity contribution < 1.29 is 0 Å². The van der Waals surface area contributed by atoms with Crippen LogP contribution in [-0.2, 0) is 0 Å². The molecule has 0 atom stereocenters. The SMILES string of the molecule is CCN(C)c1nc(Cl)nc2sc(C)cc12. The Kier molecular flexibility index (Phi) is 2.80. The van der Waals surface area contributed by atoms with Crippen molar-refractivity contribution >= 4 is 39.0 Å². The van der Waals surface area contributed by atoms with E-state index in [1.165, 1.54) is 4.88 Å². The Morgan fingerprint density at radius 3 is 2.87 bits per heavy atom. The summed E-state index contributed by atoms with van der Waals surface area (Å²) in [5.41, 5.74) is 0. The Balaban J connectivity index is 2.70. The Morgan fingerprint density at radius 2 is 2.20 bits per heavy atom. The number of halogens is 1. The molecule has 0 aliphatic carbocycles. The van der Waals surface area contributed by atoms with Gasteiger partial charge in [-0.15, -0.1) is 11.3 Å².